The highest BCUT2D eigenvalue weighted by atomic mass is 32.2. The second kappa shape index (κ2) is 3.15. The van der Waals surface area contributed by atoms with Crippen LogP contribution in [0.5, 0.6) is 0 Å². The van der Waals surface area contributed by atoms with E-state index in [-0.39, 0.29) is 0 Å². The first-order valence-electron chi connectivity index (χ1n) is 4.01. The van der Waals surface area contributed by atoms with Crippen LogP contribution < -0.4 is 0 Å². The van der Waals surface area contributed by atoms with E-state index in [0.29, 0.717) is 0 Å². The summed E-state index contributed by atoms with van der Waals surface area (Å²) in [7, 11) is 0. The lowest BCUT2D eigenvalue weighted by Gasteiger charge is -2.06. The van der Waals surface area contributed by atoms with Crippen molar-refractivity contribution in [2.45, 2.75) is 31.2 Å². The Morgan fingerprint density at radius 1 is 1.55 bits per heavy atom. The first-order valence-corrected chi connectivity index (χ1v) is 5.81. The molecule has 3 heteroatoms. The molecule has 0 aromatic carbocycles. The number of hydrogen-bond acceptors (Lipinski definition) is 3. The third kappa shape index (κ3) is 1.44. The first-order chi connectivity index (χ1) is 5.40. The molecule has 0 saturated carbocycles. The number of rotatable bonds is 1. The Morgan fingerprint density at radius 2 is 2.45 bits per heavy atom. The van der Waals surface area contributed by atoms with E-state index < -0.39 is 0 Å². The lowest BCUT2D eigenvalue weighted by molar-refractivity contribution is 0.885. The number of thiazole rings is 1. The maximum absolute atomic E-state index is 4.55. The van der Waals surface area contributed by atoms with E-state index in [9.17, 15) is 0 Å². The van der Waals surface area contributed by atoms with Crippen molar-refractivity contribution in [2.24, 2.45) is 0 Å². The average Bonchev–Trinajstić information content (AvgIpc) is 2.46. The van der Waals surface area contributed by atoms with Gasteiger partial charge in [0.15, 0.2) is 0 Å². The summed E-state index contributed by atoms with van der Waals surface area (Å²) in [5.41, 5.74) is 0. The summed E-state index contributed by atoms with van der Waals surface area (Å²) in [6.07, 6.45) is 3.70. The van der Waals surface area contributed by atoms with Crippen molar-refractivity contribution < 1.29 is 0 Å². The highest BCUT2D eigenvalue weighted by molar-refractivity contribution is 7.99. The highest BCUT2D eigenvalue weighted by Crippen LogP contribution is 2.33. The molecule has 0 amide bonds. The number of aromatic nitrogens is 1. The Hall–Kier alpha value is -0.0200. The molecule has 0 N–H and O–H groups in total. The Labute approximate surface area is 75.2 Å². The standard InChI is InChI=1S/C8H11NS2/c1-2-7-9-8-6(11-7)4-3-5-10-8/h2-5H2,1H3. The van der Waals surface area contributed by atoms with Crippen LogP contribution in [-0.4, -0.2) is 10.7 Å². The van der Waals surface area contributed by atoms with Crippen LogP contribution in [-0.2, 0) is 12.8 Å². The van der Waals surface area contributed by atoms with Crippen molar-refractivity contribution in [1.29, 1.82) is 0 Å². The molecule has 1 aliphatic rings. The molecule has 0 saturated heterocycles. The van der Waals surface area contributed by atoms with Gasteiger partial charge in [0.25, 0.3) is 0 Å². The molecule has 1 aromatic rings. The van der Waals surface area contributed by atoms with Gasteiger partial charge in [-0.2, -0.15) is 0 Å². The van der Waals surface area contributed by atoms with E-state index in [2.05, 4.69) is 11.9 Å². The number of thioether (sulfide) groups is 1. The minimum atomic E-state index is 1.10. The Morgan fingerprint density at radius 3 is 3.18 bits per heavy atom. The SMILES string of the molecule is CCc1nc2c(s1)CCCS2. The average molecular weight is 185 g/mol. The van der Waals surface area contributed by atoms with Gasteiger partial charge in [0, 0.05) is 4.88 Å². The quantitative estimate of drug-likeness (QED) is 0.667. The maximum atomic E-state index is 4.55. The van der Waals surface area contributed by atoms with Crippen LogP contribution >= 0.6 is 23.1 Å². The van der Waals surface area contributed by atoms with Gasteiger partial charge in [0.05, 0.1) is 5.01 Å². The maximum Gasteiger partial charge on any atom is 0.110 e. The zero-order chi connectivity index (χ0) is 7.68. The molecule has 2 rings (SSSR count). The second-order valence-electron chi connectivity index (χ2n) is 2.64. The van der Waals surface area contributed by atoms with Gasteiger partial charge < -0.3 is 0 Å². The minimum Gasteiger partial charge on any atom is -0.235 e. The summed E-state index contributed by atoms with van der Waals surface area (Å²) in [4.78, 5) is 6.08. The summed E-state index contributed by atoms with van der Waals surface area (Å²) in [6.45, 7) is 2.18. The summed E-state index contributed by atoms with van der Waals surface area (Å²) in [6, 6.07) is 0. The molecule has 2 heterocycles. The second-order valence-corrected chi connectivity index (χ2v) is 4.89. The Bertz CT molecular complexity index is 231. The lowest BCUT2D eigenvalue weighted by Crippen LogP contribution is -1.94. The summed E-state index contributed by atoms with van der Waals surface area (Å²) in [5.74, 6) is 1.26. The number of nitrogens with zero attached hydrogens (tertiary/aromatic N) is 1. The van der Waals surface area contributed by atoms with Crippen LogP contribution in [0.25, 0.3) is 0 Å². The van der Waals surface area contributed by atoms with Crippen molar-refractivity contribution in [3.8, 4) is 0 Å². The fraction of sp³-hybridized carbons (Fsp3) is 0.625. The zero-order valence-electron chi connectivity index (χ0n) is 6.59. The molecule has 11 heavy (non-hydrogen) atoms. The third-order valence-corrected chi connectivity index (χ3v) is 4.29. The molecular formula is C8H11NS2. The molecule has 0 radical (unpaired) electrons. The van der Waals surface area contributed by atoms with E-state index in [0.717, 1.165) is 6.42 Å². The minimum absolute atomic E-state index is 1.10. The number of hydrogen-bond donors (Lipinski definition) is 0. The van der Waals surface area contributed by atoms with Crippen LogP contribution in [0.15, 0.2) is 5.03 Å². The van der Waals surface area contributed by atoms with Gasteiger partial charge in [0.1, 0.15) is 5.03 Å². The molecule has 1 aliphatic heterocycles. The van der Waals surface area contributed by atoms with Gasteiger partial charge in [-0.25, -0.2) is 4.98 Å². The number of fused-ring (bicyclic) bond motifs is 1. The molecular weight excluding hydrogens is 174 g/mol. The predicted molar refractivity (Wildman–Crippen MR) is 50.5 cm³/mol. The lowest BCUT2D eigenvalue weighted by atomic mass is 10.3. The molecule has 0 bridgehead atoms. The van der Waals surface area contributed by atoms with Gasteiger partial charge in [0.2, 0.25) is 0 Å². The van der Waals surface area contributed by atoms with E-state index in [1.165, 1.54) is 33.5 Å². The van der Waals surface area contributed by atoms with Crippen LogP contribution in [0, 0.1) is 0 Å². The van der Waals surface area contributed by atoms with E-state index in [1.54, 1.807) is 0 Å². The normalized spacial score (nSPS) is 16.5. The van der Waals surface area contributed by atoms with E-state index in [4.69, 9.17) is 0 Å². The van der Waals surface area contributed by atoms with Gasteiger partial charge >= 0.3 is 0 Å². The van der Waals surface area contributed by atoms with Crippen molar-refractivity contribution >= 4 is 23.1 Å². The van der Waals surface area contributed by atoms with Gasteiger partial charge in [-0.15, -0.1) is 23.1 Å². The van der Waals surface area contributed by atoms with Crippen molar-refractivity contribution in [2.75, 3.05) is 5.75 Å². The summed E-state index contributed by atoms with van der Waals surface area (Å²) in [5, 5.41) is 2.63. The highest BCUT2D eigenvalue weighted by Gasteiger charge is 2.14. The fourth-order valence-corrected chi connectivity index (χ4v) is 3.43. The van der Waals surface area contributed by atoms with Crippen LogP contribution in [0.3, 0.4) is 0 Å². The molecule has 0 aliphatic carbocycles. The van der Waals surface area contributed by atoms with Gasteiger partial charge in [-0.3, -0.25) is 0 Å². The van der Waals surface area contributed by atoms with Crippen molar-refractivity contribution in [3.05, 3.63) is 9.88 Å². The smallest absolute Gasteiger partial charge is 0.110 e. The predicted octanol–water partition coefficient (Wildman–Crippen LogP) is 2.74. The van der Waals surface area contributed by atoms with E-state index in [1.807, 2.05) is 23.1 Å². The molecule has 0 spiro atoms. The van der Waals surface area contributed by atoms with Crippen LogP contribution in [0.2, 0.25) is 0 Å². The van der Waals surface area contributed by atoms with Crippen molar-refractivity contribution in [3.63, 3.8) is 0 Å². The third-order valence-electron chi connectivity index (χ3n) is 1.80. The molecule has 0 fully saturated rings. The van der Waals surface area contributed by atoms with Gasteiger partial charge in [-0.1, -0.05) is 6.92 Å². The van der Waals surface area contributed by atoms with Gasteiger partial charge in [-0.05, 0) is 25.0 Å². The monoisotopic (exact) mass is 185 g/mol. The Kier molecular flexibility index (Phi) is 2.18. The summed E-state index contributed by atoms with van der Waals surface area (Å²) >= 11 is 3.83. The van der Waals surface area contributed by atoms with Crippen molar-refractivity contribution in [1.82, 2.24) is 4.98 Å². The molecule has 60 valence electrons. The molecule has 0 unspecified atom stereocenters. The zero-order valence-corrected chi connectivity index (χ0v) is 8.23. The molecule has 1 aromatic heterocycles. The number of aryl methyl sites for hydroxylation is 2. The molecule has 0 atom stereocenters. The topological polar surface area (TPSA) is 12.9 Å². The molecule has 1 nitrogen and oxygen atoms in total. The largest absolute Gasteiger partial charge is 0.235 e. The summed E-state index contributed by atoms with van der Waals surface area (Å²) < 4.78 is 0. The fourth-order valence-electron chi connectivity index (χ4n) is 1.21. The Balaban J connectivity index is 2.32. The van der Waals surface area contributed by atoms with Crippen LogP contribution in [0.4, 0.5) is 0 Å². The van der Waals surface area contributed by atoms with E-state index >= 15 is 0 Å². The van der Waals surface area contributed by atoms with Crippen LogP contribution in [0.1, 0.15) is 23.2 Å². The first kappa shape index (κ1) is 7.62.